The second-order valence-electron chi connectivity index (χ2n) is 9.02. The monoisotopic (exact) mass is 463 g/mol. The number of anilines is 1. The Labute approximate surface area is 182 Å². The van der Waals surface area contributed by atoms with Gasteiger partial charge in [0.15, 0.2) is 0 Å². The van der Waals surface area contributed by atoms with Gasteiger partial charge in [-0.1, -0.05) is 0 Å². The van der Waals surface area contributed by atoms with Crippen LogP contribution in [0.2, 0.25) is 0 Å². The Balaban J connectivity index is 2.29. The molecule has 0 bridgehead atoms. The molecule has 0 amide bonds. The number of hydrogen-bond donors (Lipinski definition) is 1. The Kier molecular flexibility index (Phi) is 7.02. The van der Waals surface area contributed by atoms with Crippen molar-refractivity contribution in [1.29, 1.82) is 0 Å². The van der Waals surface area contributed by atoms with Crippen LogP contribution in [0.25, 0.3) is 0 Å². The standard InChI is InChI=1S/C19H27F2N3O8/c1-17(2,3)31-15(26)28-9-10-12(30-16(27)32-18(4,5)6)19(20,21)13(29-10)24-8-7-11(22)23-14(24)25/h7-8,10,12-13H,9H2,1-6H3,(H2,22,23,25)/t10-,12-,13-/m1/s1. The molecule has 0 radical (unpaired) electrons. The minimum absolute atomic E-state index is 0.182. The maximum atomic E-state index is 15.2. The topological polar surface area (TPSA) is 141 Å². The van der Waals surface area contributed by atoms with Crippen LogP contribution in [-0.2, 0) is 23.7 Å². The van der Waals surface area contributed by atoms with Gasteiger partial charge in [-0.05, 0) is 47.6 Å². The van der Waals surface area contributed by atoms with Crippen LogP contribution < -0.4 is 11.4 Å². The van der Waals surface area contributed by atoms with Crippen LogP contribution in [0, 0.1) is 0 Å². The number of nitrogen functional groups attached to an aromatic ring is 1. The molecule has 2 N–H and O–H groups in total. The number of ether oxygens (including phenoxy) is 5. The molecule has 1 aromatic rings. The first-order valence-electron chi connectivity index (χ1n) is 9.63. The van der Waals surface area contributed by atoms with Crippen LogP contribution in [0.5, 0.6) is 0 Å². The maximum absolute atomic E-state index is 15.2. The first kappa shape index (κ1) is 25.3. The maximum Gasteiger partial charge on any atom is 0.509 e. The van der Waals surface area contributed by atoms with E-state index in [0.29, 0.717) is 4.57 Å². The van der Waals surface area contributed by atoms with Crippen molar-refractivity contribution in [3.05, 3.63) is 22.7 Å². The fraction of sp³-hybridized carbons (Fsp3) is 0.684. The summed E-state index contributed by atoms with van der Waals surface area (Å²) in [5, 5.41) is 0. The van der Waals surface area contributed by atoms with E-state index in [1.54, 1.807) is 20.8 Å². The highest BCUT2D eigenvalue weighted by atomic mass is 19.3. The third-order valence-electron chi connectivity index (χ3n) is 3.82. The average molecular weight is 463 g/mol. The van der Waals surface area contributed by atoms with Crippen molar-refractivity contribution < 1.29 is 42.1 Å². The molecule has 180 valence electrons. The molecule has 1 aliphatic heterocycles. The summed E-state index contributed by atoms with van der Waals surface area (Å²) < 4.78 is 55.8. The average Bonchev–Trinajstić information content (AvgIpc) is 2.81. The summed E-state index contributed by atoms with van der Waals surface area (Å²) in [6, 6.07) is 1.12. The van der Waals surface area contributed by atoms with E-state index in [9.17, 15) is 14.4 Å². The van der Waals surface area contributed by atoms with Crippen molar-refractivity contribution in [2.75, 3.05) is 12.3 Å². The Morgan fingerprint density at radius 3 is 2.25 bits per heavy atom. The molecule has 0 saturated carbocycles. The number of rotatable bonds is 4. The molecule has 2 heterocycles. The normalized spacial score (nSPS) is 22.8. The molecule has 0 unspecified atom stereocenters. The SMILES string of the molecule is CC(C)(C)OC(=O)OC[C@H]1O[C@@H](n2ccc(N)nc2=O)C(F)(F)[C@@H]1OC(=O)OC(C)(C)C. The van der Waals surface area contributed by atoms with Gasteiger partial charge in [-0.25, -0.2) is 14.4 Å². The van der Waals surface area contributed by atoms with Crippen molar-refractivity contribution in [3.63, 3.8) is 0 Å². The van der Waals surface area contributed by atoms with Crippen LogP contribution in [0.1, 0.15) is 47.8 Å². The van der Waals surface area contributed by atoms with Gasteiger partial charge in [0, 0.05) is 6.20 Å². The minimum Gasteiger partial charge on any atom is -0.431 e. The van der Waals surface area contributed by atoms with Gasteiger partial charge in [0.25, 0.3) is 0 Å². The number of halogens is 2. The van der Waals surface area contributed by atoms with Gasteiger partial charge in [0.2, 0.25) is 12.3 Å². The molecule has 2 rings (SSSR count). The van der Waals surface area contributed by atoms with E-state index in [0.717, 1.165) is 12.3 Å². The lowest BCUT2D eigenvalue weighted by Crippen LogP contribution is -2.45. The van der Waals surface area contributed by atoms with Gasteiger partial charge >= 0.3 is 23.9 Å². The quantitative estimate of drug-likeness (QED) is 0.662. The minimum atomic E-state index is -3.93. The third kappa shape index (κ3) is 6.52. The van der Waals surface area contributed by atoms with Gasteiger partial charge in [-0.15, -0.1) is 0 Å². The molecule has 0 aliphatic carbocycles. The molecule has 11 nitrogen and oxygen atoms in total. The van der Waals surface area contributed by atoms with Crippen LogP contribution in [0.4, 0.5) is 24.2 Å². The largest absolute Gasteiger partial charge is 0.509 e. The number of nitrogens with two attached hydrogens (primary N) is 1. The van der Waals surface area contributed by atoms with Gasteiger partial charge in [-0.3, -0.25) is 4.57 Å². The van der Waals surface area contributed by atoms with Crippen molar-refractivity contribution in [2.24, 2.45) is 0 Å². The number of carbonyl (C=O) groups is 2. The summed E-state index contributed by atoms with van der Waals surface area (Å²) in [4.78, 5) is 39.4. The number of alkyl halides is 2. The molecule has 1 saturated heterocycles. The zero-order chi connectivity index (χ0) is 24.5. The van der Waals surface area contributed by atoms with E-state index in [-0.39, 0.29) is 5.82 Å². The molecule has 0 aromatic carbocycles. The third-order valence-corrected chi connectivity index (χ3v) is 3.82. The fourth-order valence-electron chi connectivity index (χ4n) is 2.66. The van der Waals surface area contributed by atoms with Crippen molar-refractivity contribution in [2.45, 2.75) is 77.1 Å². The van der Waals surface area contributed by atoms with Crippen LogP contribution >= 0.6 is 0 Å². The van der Waals surface area contributed by atoms with E-state index < -0.39 is 60.2 Å². The number of aromatic nitrogens is 2. The summed E-state index contributed by atoms with van der Waals surface area (Å²) >= 11 is 0. The fourth-order valence-corrected chi connectivity index (χ4v) is 2.66. The van der Waals surface area contributed by atoms with Crippen LogP contribution in [0.15, 0.2) is 17.1 Å². The lowest BCUT2D eigenvalue weighted by Gasteiger charge is -2.26. The lowest BCUT2D eigenvalue weighted by atomic mass is 10.1. The van der Waals surface area contributed by atoms with Crippen molar-refractivity contribution >= 4 is 18.1 Å². The Bertz CT molecular complexity index is 907. The molecule has 32 heavy (non-hydrogen) atoms. The summed E-state index contributed by atoms with van der Waals surface area (Å²) in [6.07, 6.45) is -7.70. The lowest BCUT2D eigenvalue weighted by molar-refractivity contribution is -0.149. The van der Waals surface area contributed by atoms with Gasteiger partial charge in [-0.2, -0.15) is 13.8 Å². The van der Waals surface area contributed by atoms with Gasteiger partial charge in [0.05, 0.1) is 0 Å². The molecule has 13 heteroatoms. The highest BCUT2D eigenvalue weighted by molar-refractivity contribution is 5.61. The Morgan fingerprint density at radius 2 is 1.72 bits per heavy atom. The van der Waals surface area contributed by atoms with Crippen LogP contribution in [0.3, 0.4) is 0 Å². The summed E-state index contributed by atoms with van der Waals surface area (Å²) in [5.41, 5.74) is 2.37. The molecular formula is C19H27F2N3O8. The van der Waals surface area contributed by atoms with Gasteiger partial charge < -0.3 is 29.4 Å². The molecule has 3 atom stereocenters. The molecular weight excluding hydrogens is 436 g/mol. The molecule has 1 aliphatic rings. The smallest absolute Gasteiger partial charge is 0.431 e. The number of hydrogen-bond acceptors (Lipinski definition) is 10. The first-order chi connectivity index (χ1) is 14.5. The Hall–Kier alpha value is -2.96. The summed E-state index contributed by atoms with van der Waals surface area (Å²) in [5.74, 6) is -4.11. The predicted octanol–water partition coefficient (Wildman–Crippen LogP) is 2.63. The number of nitrogens with zero attached hydrogens (tertiary/aromatic N) is 2. The van der Waals surface area contributed by atoms with E-state index >= 15 is 8.78 Å². The van der Waals surface area contributed by atoms with E-state index in [4.69, 9.17) is 29.4 Å². The predicted molar refractivity (Wildman–Crippen MR) is 105 cm³/mol. The molecule has 0 spiro atoms. The van der Waals surface area contributed by atoms with Crippen molar-refractivity contribution in [1.82, 2.24) is 9.55 Å². The highest BCUT2D eigenvalue weighted by Gasteiger charge is 2.63. The van der Waals surface area contributed by atoms with E-state index in [1.165, 1.54) is 20.8 Å². The van der Waals surface area contributed by atoms with Crippen molar-refractivity contribution in [3.8, 4) is 0 Å². The summed E-state index contributed by atoms with van der Waals surface area (Å²) in [6.45, 7) is 8.54. The second kappa shape index (κ2) is 8.88. The second-order valence-corrected chi connectivity index (χ2v) is 9.02. The number of carbonyl (C=O) groups excluding carboxylic acids is 2. The molecule has 1 aromatic heterocycles. The highest BCUT2D eigenvalue weighted by Crippen LogP contribution is 2.44. The Morgan fingerprint density at radius 1 is 1.16 bits per heavy atom. The molecule has 1 fully saturated rings. The zero-order valence-corrected chi connectivity index (χ0v) is 18.6. The zero-order valence-electron chi connectivity index (χ0n) is 18.6. The van der Waals surface area contributed by atoms with Crippen LogP contribution in [-0.4, -0.2) is 57.8 Å². The van der Waals surface area contributed by atoms with E-state index in [1.807, 2.05) is 0 Å². The first-order valence-corrected chi connectivity index (χ1v) is 9.63. The summed E-state index contributed by atoms with van der Waals surface area (Å²) in [7, 11) is 0. The van der Waals surface area contributed by atoms with Gasteiger partial charge in [0.1, 0.15) is 29.7 Å². The van der Waals surface area contributed by atoms with E-state index in [2.05, 4.69) is 4.98 Å².